The second-order valence-corrected chi connectivity index (χ2v) is 5.95. The number of hydrogen-bond acceptors (Lipinski definition) is 2. The van der Waals surface area contributed by atoms with E-state index < -0.39 is 30.5 Å². The Balaban J connectivity index is 3.11. The number of hydrogen-bond donors (Lipinski definition) is 0. The Morgan fingerprint density at radius 3 is 2.00 bits per heavy atom. The molecule has 0 fully saturated rings. The van der Waals surface area contributed by atoms with Crippen molar-refractivity contribution < 1.29 is 40.2 Å². The lowest BCUT2D eigenvalue weighted by atomic mass is 9.98. The van der Waals surface area contributed by atoms with Crippen LogP contribution in [0.2, 0.25) is 0 Å². The summed E-state index contributed by atoms with van der Waals surface area (Å²) in [5.74, 6) is -11.3. The first kappa shape index (κ1) is 21.5. The largest absolute Gasteiger partial charge is 0.493 e. The van der Waals surface area contributed by atoms with Crippen molar-refractivity contribution in [2.75, 3.05) is 13.7 Å². The first-order chi connectivity index (χ1) is 11.3. The lowest BCUT2D eigenvalue weighted by molar-refractivity contribution is -0.358. The SMILES string of the molecule is COC(CC(F)(F)C(F)(F)C(F)(F)F)c1ccccc1OCC(C)C. The fourth-order valence-corrected chi connectivity index (χ4v) is 2.02. The van der Waals surface area contributed by atoms with Gasteiger partial charge in [-0.1, -0.05) is 32.0 Å². The van der Waals surface area contributed by atoms with Crippen molar-refractivity contribution in [1.29, 1.82) is 0 Å². The number of para-hydroxylation sites is 1. The van der Waals surface area contributed by atoms with Gasteiger partial charge >= 0.3 is 18.0 Å². The standard InChI is InChI=1S/C16H19F7O2/c1-10(2)9-25-12-7-5-4-6-11(12)13(24-3)8-14(17,18)15(19,20)16(21,22)23/h4-7,10,13H,8-9H2,1-3H3. The van der Waals surface area contributed by atoms with Crippen LogP contribution in [0.5, 0.6) is 5.75 Å². The quantitative estimate of drug-likeness (QED) is 0.548. The lowest BCUT2D eigenvalue weighted by Crippen LogP contribution is -2.52. The smallest absolute Gasteiger partial charge is 0.459 e. The van der Waals surface area contributed by atoms with Gasteiger partial charge in [0.15, 0.2) is 0 Å². The van der Waals surface area contributed by atoms with Crippen molar-refractivity contribution in [3.8, 4) is 5.75 Å². The second-order valence-electron chi connectivity index (χ2n) is 5.95. The first-order valence-electron chi connectivity index (χ1n) is 7.40. The molecular formula is C16H19F7O2. The van der Waals surface area contributed by atoms with Crippen molar-refractivity contribution >= 4 is 0 Å². The highest BCUT2D eigenvalue weighted by Crippen LogP contribution is 2.50. The van der Waals surface area contributed by atoms with E-state index in [-0.39, 0.29) is 23.8 Å². The summed E-state index contributed by atoms with van der Waals surface area (Å²) in [6.07, 6.45) is -9.92. The molecule has 0 aromatic heterocycles. The maximum atomic E-state index is 13.7. The van der Waals surface area contributed by atoms with Crippen LogP contribution >= 0.6 is 0 Å². The number of methoxy groups -OCH3 is 1. The van der Waals surface area contributed by atoms with E-state index in [1.54, 1.807) is 0 Å². The number of alkyl halides is 7. The summed E-state index contributed by atoms with van der Waals surface area (Å²) in [7, 11) is 0.950. The van der Waals surface area contributed by atoms with Crippen LogP contribution in [0.4, 0.5) is 30.7 Å². The average molecular weight is 376 g/mol. The van der Waals surface area contributed by atoms with Crippen LogP contribution in [0.1, 0.15) is 31.9 Å². The first-order valence-corrected chi connectivity index (χ1v) is 7.40. The van der Waals surface area contributed by atoms with Crippen molar-refractivity contribution in [3.05, 3.63) is 29.8 Å². The molecule has 2 nitrogen and oxygen atoms in total. The summed E-state index contributed by atoms with van der Waals surface area (Å²) in [6, 6.07) is 5.63. The molecule has 0 aliphatic carbocycles. The number of rotatable bonds is 8. The molecule has 1 rings (SSSR count). The van der Waals surface area contributed by atoms with Crippen LogP contribution in [-0.4, -0.2) is 31.7 Å². The molecule has 0 radical (unpaired) electrons. The molecule has 0 heterocycles. The summed E-state index contributed by atoms with van der Waals surface area (Å²) < 4.78 is 101. The molecule has 0 bridgehead atoms. The zero-order valence-corrected chi connectivity index (χ0v) is 13.8. The van der Waals surface area contributed by atoms with E-state index in [4.69, 9.17) is 9.47 Å². The fraction of sp³-hybridized carbons (Fsp3) is 0.625. The average Bonchev–Trinajstić information content (AvgIpc) is 2.49. The van der Waals surface area contributed by atoms with E-state index in [0.29, 0.717) is 0 Å². The minimum Gasteiger partial charge on any atom is -0.493 e. The predicted octanol–water partition coefficient (Wildman–Crippen LogP) is 5.63. The second kappa shape index (κ2) is 7.80. The van der Waals surface area contributed by atoms with Gasteiger partial charge in [0, 0.05) is 19.1 Å². The zero-order chi connectivity index (χ0) is 19.5. The highest BCUT2D eigenvalue weighted by molar-refractivity contribution is 5.35. The molecule has 0 saturated heterocycles. The Hall–Kier alpha value is -1.51. The van der Waals surface area contributed by atoms with E-state index in [2.05, 4.69) is 0 Å². The molecule has 0 aliphatic heterocycles. The molecule has 9 heteroatoms. The normalized spacial score (nSPS) is 14.7. The maximum absolute atomic E-state index is 13.7. The fourth-order valence-electron chi connectivity index (χ4n) is 2.02. The number of ether oxygens (including phenoxy) is 2. The Morgan fingerprint density at radius 2 is 1.52 bits per heavy atom. The number of benzene rings is 1. The predicted molar refractivity (Wildman–Crippen MR) is 77.1 cm³/mol. The van der Waals surface area contributed by atoms with Crippen LogP contribution in [0, 0.1) is 5.92 Å². The van der Waals surface area contributed by atoms with Gasteiger partial charge in [0.05, 0.1) is 12.7 Å². The van der Waals surface area contributed by atoms with Crippen molar-refractivity contribution in [2.24, 2.45) is 5.92 Å². The summed E-state index contributed by atoms with van der Waals surface area (Å²) in [4.78, 5) is 0. The lowest BCUT2D eigenvalue weighted by Gasteiger charge is -2.31. The van der Waals surface area contributed by atoms with E-state index >= 15 is 0 Å². The molecule has 1 aromatic rings. The third kappa shape index (κ3) is 4.99. The van der Waals surface area contributed by atoms with Gasteiger partial charge in [0.1, 0.15) is 5.75 Å². The van der Waals surface area contributed by atoms with Crippen LogP contribution in [0.15, 0.2) is 24.3 Å². The van der Waals surface area contributed by atoms with E-state index in [1.165, 1.54) is 24.3 Å². The van der Waals surface area contributed by atoms with Gasteiger partial charge in [-0.3, -0.25) is 0 Å². The van der Waals surface area contributed by atoms with Crippen LogP contribution < -0.4 is 4.74 Å². The van der Waals surface area contributed by atoms with E-state index in [9.17, 15) is 30.7 Å². The molecular weight excluding hydrogens is 357 g/mol. The molecule has 25 heavy (non-hydrogen) atoms. The van der Waals surface area contributed by atoms with Crippen LogP contribution in [0.3, 0.4) is 0 Å². The Labute approximate surface area is 140 Å². The van der Waals surface area contributed by atoms with Gasteiger partial charge in [0.2, 0.25) is 0 Å². The van der Waals surface area contributed by atoms with Gasteiger partial charge in [-0.15, -0.1) is 0 Å². The molecule has 0 spiro atoms. The monoisotopic (exact) mass is 376 g/mol. The third-order valence-corrected chi connectivity index (χ3v) is 3.38. The maximum Gasteiger partial charge on any atom is 0.459 e. The molecule has 0 saturated carbocycles. The molecule has 144 valence electrons. The number of halogens is 7. The molecule has 0 N–H and O–H groups in total. The van der Waals surface area contributed by atoms with Gasteiger partial charge < -0.3 is 9.47 Å². The zero-order valence-electron chi connectivity index (χ0n) is 13.8. The summed E-state index contributed by atoms with van der Waals surface area (Å²) in [5.41, 5.74) is -0.0247. The molecule has 1 aromatic carbocycles. The van der Waals surface area contributed by atoms with Gasteiger partial charge in [-0.2, -0.15) is 30.7 Å². The van der Waals surface area contributed by atoms with Gasteiger partial charge in [-0.05, 0) is 12.0 Å². The molecule has 1 atom stereocenters. The van der Waals surface area contributed by atoms with E-state index in [1.807, 2.05) is 13.8 Å². The van der Waals surface area contributed by atoms with E-state index in [0.717, 1.165) is 7.11 Å². The summed E-state index contributed by atoms with van der Waals surface area (Å²) in [6.45, 7) is 3.87. The van der Waals surface area contributed by atoms with Crippen LogP contribution in [0.25, 0.3) is 0 Å². The molecule has 1 unspecified atom stereocenters. The highest BCUT2D eigenvalue weighted by atomic mass is 19.4. The Bertz CT molecular complexity index is 556. The Kier molecular flexibility index (Phi) is 6.72. The van der Waals surface area contributed by atoms with Gasteiger partial charge in [-0.25, -0.2) is 0 Å². The minimum absolute atomic E-state index is 0.0247. The van der Waals surface area contributed by atoms with Crippen LogP contribution in [-0.2, 0) is 4.74 Å². The third-order valence-electron chi connectivity index (χ3n) is 3.38. The van der Waals surface area contributed by atoms with Crippen molar-refractivity contribution in [3.63, 3.8) is 0 Å². The highest BCUT2D eigenvalue weighted by Gasteiger charge is 2.73. The minimum atomic E-state index is -6.37. The van der Waals surface area contributed by atoms with Crippen molar-refractivity contribution in [2.45, 2.75) is 44.4 Å². The van der Waals surface area contributed by atoms with Crippen molar-refractivity contribution in [1.82, 2.24) is 0 Å². The Morgan fingerprint density at radius 1 is 0.960 bits per heavy atom. The summed E-state index contributed by atoms with van der Waals surface area (Å²) in [5, 5.41) is 0. The summed E-state index contributed by atoms with van der Waals surface area (Å²) >= 11 is 0. The van der Waals surface area contributed by atoms with Gasteiger partial charge in [0.25, 0.3) is 0 Å². The topological polar surface area (TPSA) is 18.5 Å². The molecule has 0 amide bonds. The molecule has 0 aliphatic rings.